The highest BCUT2D eigenvalue weighted by Gasteiger charge is 2.78. The van der Waals surface area contributed by atoms with Crippen molar-refractivity contribution < 1.29 is 24.6 Å². The van der Waals surface area contributed by atoms with E-state index < -0.39 is 39.3 Å². The van der Waals surface area contributed by atoms with Crippen LogP contribution in [0, 0.1) is 34.0 Å². The summed E-state index contributed by atoms with van der Waals surface area (Å²) in [4.78, 5) is 40.9. The SMILES string of the molecule is CC(C)=CCC12C[C@H]3C(C)(C)C(C(C)(C)O)C[C@@]3(C(=O)C(C(=O)C(C)C)=C1O)C2=O. The lowest BCUT2D eigenvalue weighted by molar-refractivity contribution is -0.145. The third-order valence-electron chi connectivity index (χ3n) is 8.11. The molecule has 0 amide bonds. The Morgan fingerprint density at radius 3 is 2.23 bits per heavy atom. The van der Waals surface area contributed by atoms with Crippen LogP contribution in [0.4, 0.5) is 0 Å². The fourth-order valence-electron chi connectivity index (χ4n) is 6.62. The van der Waals surface area contributed by atoms with E-state index in [0.717, 1.165) is 5.57 Å². The Morgan fingerprint density at radius 1 is 1.20 bits per heavy atom. The first-order valence-electron chi connectivity index (χ1n) is 11.0. The highest BCUT2D eigenvalue weighted by Crippen LogP contribution is 2.73. The summed E-state index contributed by atoms with van der Waals surface area (Å²) in [5.74, 6) is -2.61. The molecule has 0 aromatic rings. The van der Waals surface area contributed by atoms with Crippen molar-refractivity contribution in [2.45, 2.75) is 80.3 Å². The molecular formula is C25H36O5. The van der Waals surface area contributed by atoms with Gasteiger partial charge in [0.05, 0.1) is 16.4 Å². The fraction of sp³-hybridized carbons (Fsp3) is 0.720. The van der Waals surface area contributed by atoms with Crippen molar-refractivity contribution in [1.82, 2.24) is 0 Å². The third kappa shape index (κ3) is 2.73. The summed E-state index contributed by atoms with van der Waals surface area (Å²) in [6.45, 7) is 14.7. The molecule has 30 heavy (non-hydrogen) atoms. The Bertz CT molecular complexity index is 878. The summed E-state index contributed by atoms with van der Waals surface area (Å²) in [6, 6.07) is 0. The quantitative estimate of drug-likeness (QED) is 0.395. The van der Waals surface area contributed by atoms with E-state index in [-0.39, 0.29) is 41.8 Å². The van der Waals surface area contributed by atoms with Crippen LogP contribution >= 0.6 is 0 Å². The molecule has 3 rings (SSSR count). The van der Waals surface area contributed by atoms with Gasteiger partial charge >= 0.3 is 0 Å². The Morgan fingerprint density at radius 2 is 1.77 bits per heavy atom. The molecule has 5 heteroatoms. The molecule has 2 fully saturated rings. The zero-order chi connectivity index (χ0) is 23.0. The second-order valence-corrected chi connectivity index (χ2v) is 11.4. The van der Waals surface area contributed by atoms with Crippen LogP contribution in [0.2, 0.25) is 0 Å². The van der Waals surface area contributed by atoms with E-state index in [0.29, 0.717) is 6.42 Å². The molecule has 4 atom stereocenters. The van der Waals surface area contributed by atoms with Gasteiger partial charge in [-0.05, 0) is 64.2 Å². The first-order chi connectivity index (χ1) is 13.5. The number of hydrogen-bond acceptors (Lipinski definition) is 5. The number of fused-ring (bicyclic) bond motifs is 1. The highest BCUT2D eigenvalue weighted by atomic mass is 16.3. The van der Waals surface area contributed by atoms with E-state index in [1.54, 1.807) is 27.7 Å². The molecule has 0 radical (unpaired) electrons. The van der Waals surface area contributed by atoms with Gasteiger partial charge in [-0.25, -0.2) is 0 Å². The predicted molar refractivity (Wildman–Crippen MR) is 115 cm³/mol. The molecule has 2 N–H and O–H groups in total. The first kappa shape index (κ1) is 22.9. The molecule has 0 saturated heterocycles. The summed E-state index contributed by atoms with van der Waals surface area (Å²) in [6.07, 6.45) is 2.73. The second-order valence-electron chi connectivity index (χ2n) is 11.4. The zero-order valence-corrected chi connectivity index (χ0v) is 19.5. The van der Waals surface area contributed by atoms with Gasteiger partial charge in [-0.1, -0.05) is 39.3 Å². The maximum Gasteiger partial charge on any atom is 0.183 e. The van der Waals surface area contributed by atoms with E-state index in [9.17, 15) is 24.6 Å². The number of carbonyl (C=O) groups is 3. The van der Waals surface area contributed by atoms with Gasteiger partial charge in [0.1, 0.15) is 11.3 Å². The van der Waals surface area contributed by atoms with E-state index in [4.69, 9.17) is 0 Å². The Labute approximate surface area is 179 Å². The van der Waals surface area contributed by atoms with E-state index in [1.165, 1.54) is 0 Å². The average molecular weight is 417 g/mol. The first-order valence-corrected chi connectivity index (χ1v) is 11.0. The van der Waals surface area contributed by atoms with Gasteiger partial charge in [0, 0.05) is 5.92 Å². The molecule has 0 heterocycles. The summed E-state index contributed by atoms with van der Waals surface area (Å²) < 4.78 is 0. The van der Waals surface area contributed by atoms with Crippen molar-refractivity contribution in [2.24, 2.45) is 34.0 Å². The maximum atomic E-state index is 14.0. The molecule has 1 spiro atoms. The molecule has 3 aliphatic carbocycles. The number of rotatable bonds is 5. The normalized spacial score (nSPS) is 35.1. The number of aliphatic hydroxyl groups excluding tert-OH is 1. The lowest BCUT2D eigenvalue weighted by atomic mass is 9.62. The fourth-order valence-corrected chi connectivity index (χ4v) is 6.62. The van der Waals surface area contributed by atoms with Gasteiger partial charge in [-0.15, -0.1) is 0 Å². The van der Waals surface area contributed by atoms with Crippen molar-refractivity contribution in [3.05, 3.63) is 23.0 Å². The van der Waals surface area contributed by atoms with Gasteiger partial charge in [-0.2, -0.15) is 0 Å². The van der Waals surface area contributed by atoms with Crippen molar-refractivity contribution >= 4 is 17.3 Å². The van der Waals surface area contributed by atoms with Crippen molar-refractivity contribution in [3.8, 4) is 0 Å². The lowest BCUT2D eigenvalue weighted by Gasteiger charge is -2.41. The predicted octanol–water partition coefficient (Wildman–Crippen LogP) is 4.34. The molecule has 166 valence electrons. The molecule has 2 unspecified atom stereocenters. The van der Waals surface area contributed by atoms with Crippen molar-refractivity contribution in [3.63, 3.8) is 0 Å². The van der Waals surface area contributed by atoms with Crippen LogP contribution in [-0.4, -0.2) is 33.2 Å². The van der Waals surface area contributed by atoms with Gasteiger partial charge in [-0.3, -0.25) is 14.4 Å². The number of Topliss-reactive ketones (excluding diaryl/α,β-unsaturated/α-hetero) is 3. The Balaban J connectivity index is 2.30. The molecule has 3 aliphatic rings. The molecule has 2 saturated carbocycles. The van der Waals surface area contributed by atoms with Gasteiger partial charge in [0.2, 0.25) is 0 Å². The minimum absolute atomic E-state index is 0.179. The van der Waals surface area contributed by atoms with E-state index >= 15 is 0 Å². The Hall–Kier alpha value is -1.75. The van der Waals surface area contributed by atoms with Crippen LogP contribution in [0.3, 0.4) is 0 Å². The summed E-state index contributed by atoms with van der Waals surface area (Å²) >= 11 is 0. The molecule has 0 aromatic carbocycles. The highest BCUT2D eigenvalue weighted by molar-refractivity contribution is 6.32. The molecule has 5 nitrogen and oxygen atoms in total. The van der Waals surface area contributed by atoms with Crippen LogP contribution in [0.5, 0.6) is 0 Å². The summed E-state index contributed by atoms with van der Waals surface area (Å²) in [7, 11) is 0. The summed E-state index contributed by atoms with van der Waals surface area (Å²) in [5.41, 5.74) is -3.34. The lowest BCUT2D eigenvalue weighted by Crippen LogP contribution is -2.50. The van der Waals surface area contributed by atoms with Crippen LogP contribution in [0.15, 0.2) is 23.0 Å². The average Bonchev–Trinajstić information content (AvgIpc) is 2.97. The molecular weight excluding hydrogens is 380 g/mol. The van der Waals surface area contributed by atoms with Crippen LogP contribution in [0.1, 0.15) is 74.7 Å². The monoisotopic (exact) mass is 416 g/mol. The Kier molecular flexibility index (Phi) is 5.06. The van der Waals surface area contributed by atoms with Crippen LogP contribution < -0.4 is 0 Å². The van der Waals surface area contributed by atoms with Gasteiger partial charge < -0.3 is 10.2 Å². The smallest absolute Gasteiger partial charge is 0.183 e. The zero-order valence-electron chi connectivity index (χ0n) is 19.5. The number of ketones is 3. The molecule has 0 aliphatic heterocycles. The van der Waals surface area contributed by atoms with Gasteiger partial charge in [0.15, 0.2) is 17.3 Å². The molecule has 0 aromatic heterocycles. The van der Waals surface area contributed by atoms with E-state index in [1.807, 2.05) is 33.8 Å². The summed E-state index contributed by atoms with van der Waals surface area (Å²) in [5, 5.41) is 22.1. The number of carbonyl (C=O) groups excluding carboxylic acids is 3. The van der Waals surface area contributed by atoms with Crippen LogP contribution in [-0.2, 0) is 14.4 Å². The topological polar surface area (TPSA) is 91.7 Å². The number of aliphatic hydroxyl groups is 2. The van der Waals surface area contributed by atoms with Crippen LogP contribution in [0.25, 0.3) is 0 Å². The minimum atomic E-state index is -1.35. The maximum absolute atomic E-state index is 14.0. The number of hydrogen-bond donors (Lipinski definition) is 2. The standard InChI is InChI=1S/C25H36O5/c1-13(2)9-10-24-11-16-22(5,6)15(23(7,8)30)12-25(16,21(24)29)20(28)17(19(24)27)18(26)14(3)4/h9,14-16,27,30H,10-12H2,1-8H3/t15?,16-,24?,25+/m0/s1. The van der Waals surface area contributed by atoms with E-state index in [2.05, 4.69) is 0 Å². The second kappa shape index (κ2) is 6.62. The molecule has 2 bridgehead atoms. The van der Waals surface area contributed by atoms with Crippen molar-refractivity contribution in [2.75, 3.05) is 0 Å². The van der Waals surface area contributed by atoms with Gasteiger partial charge in [0.25, 0.3) is 0 Å². The number of allylic oxidation sites excluding steroid dienone is 4. The third-order valence-corrected chi connectivity index (χ3v) is 8.11. The largest absolute Gasteiger partial charge is 0.510 e. The minimum Gasteiger partial charge on any atom is -0.510 e. The van der Waals surface area contributed by atoms with Crippen molar-refractivity contribution in [1.29, 1.82) is 0 Å².